The summed E-state index contributed by atoms with van der Waals surface area (Å²) in [5.74, 6) is 0.660. The Hall–Kier alpha value is -1.39. The largest absolute Gasteiger partial charge is 0.352 e. The van der Waals surface area contributed by atoms with Crippen LogP contribution in [0.3, 0.4) is 0 Å². The molecule has 4 nitrogen and oxygen atoms in total. The molecule has 144 valence electrons. The highest BCUT2D eigenvalue weighted by atomic mass is 16.1. The Morgan fingerprint density at radius 2 is 1.81 bits per heavy atom. The van der Waals surface area contributed by atoms with Crippen molar-refractivity contribution in [3.05, 3.63) is 35.4 Å². The SMILES string of the molecule is CN(Cc1ccccc1CNC(=O)[C@@H]1CCC[C@@H]1CN)C1CCCCC1. The van der Waals surface area contributed by atoms with Crippen molar-refractivity contribution in [3.63, 3.8) is 0 Å². The molecule has 0 bridgehead atoms. The molecule has 0 unspecified atom stereocenters. The van der Waals surface area contributed by atoms with Crippen LogP contribution in [0.15, 0.2) is 24.3 Å². The van der Waals surface area contributed by atoms with Crippen LogP contribution in [-0.4, -0.2) is 30.4 Å². The third-order valence-electron chi connectivity index (χ3n) is 6.49. The lowest BCUT2D eigenvalue weighted by Gasteiger charge is -2.31. The standard InChI is InChI=1S/C22H35N3O/c1-25(20-11-3-2-4-12-20)16-19-9-6-5-8-18(19)15-24-22(26)21-13-7-10-17(21)14-23/h5-6,8-9,17,20-21H,2-4,7,10-16,23H2,1H3,(H,24,26)/t17-,21-/m1/s1. The summed E-state index contributed by atoms with van der Waals surface area (Å²) in [6, 6.07) is 9.24. The van der Waals surface area contributed by atoms with Gasteiger partial charge in [-0.2, -0.15) is 0 Å². The molecular formula is C22H35N3O. The lowest BCUT2D eigenvalue weighted by molar-refractivity contribution is -0.126. The van der Waals surface area contributed by atoms with E-state index in [0.717, 1.165) is 25.8 Å². The Kier molecular flexibility index (Phi) is 7.09. The topological polar surface area (TPSA) is 58.4 Å². The van der Waals surface area contributed by atoms with Crippen LogP contribution in [0.25, 0.3) is 0 Å². The Morgan fingerprint density at radius 3 is 2.54 bits per heavy atom. The van der Waals surface area contributed by atoms with E-state index in [2.05, 4.69) is 41.5 Å². The van der Waals surface area contributed by atoms with Gasteiger partial charge in [-0.15, -0.1) is 0 Å². The summed E-state index contributed by atoms with van der Waals surface area (Å²) in [5, 5.41) is 3.19. The molecule has 0 heterocycles. The smallest absolute Gasteiger partial charge is 0.223 e. The second kappa shape index (κ2) is 9.52. The number of rotatable bonds is 7. The fraction of sp³-hybridized carbons (Fsp3) is 0.682. The predicted molar refractivity (Wildman–Crippen MR) is 107 cm³/mol. The average Bonchev–Trinajstić information content (AvgIpc) is 3.16. The van der Waals surface area contributed by atoms with E-state index >= 15 is 0 Å². The molecule has 2 fully saturated rings. The summed E-state index contributed by atoms with van der Waals surface area (Å²) >= 11 is 0. The number of hydrogen-bond acceptors (Lipinski definition) is 3. The molecule has 3 N–H and O–H groups in total. The van der Waals surface area contributed by atoms with Gasteiger partial charge < -0.3 is 11.1 Å². The van der Waals surface area contributed by atoms with Crippen LogP contribution in [0.4, 0.5) is 0 Å². The van der Waals surface area contributed by atoms with E-state index < -0.39 is 0 Å². The van der Waals surface area contributed by atoms with Crippen LogP contribution in [0.5, 0.6) is 0 Å². The summed E-state index contributed by atoms with van der Waals surface area (Å²) in [6.07, 6.45) is 9.94. The molecule has 3 rings (SSSR count). The van der Waals surface area contributed by atoms with Gasteiger partial charge >= 0.3 is 0 Å². The molecule has 1 amide bonds. The molecule has 0 aliphatic heterocycles. The molecule has 0 spiro atoms. The summed E-state index contributed by atoms with van der Waals surface area (Å²) in [4.78, 5) is 15.1. The second-order valence-electron chi connectivity index (χ2n) is 8.23. The number of nitrogens with two attached hydrogens (primary N) is 1. The quantitative estimate of drug-likeness (QED) is 0.786. The lowest BCUT2D eigenvalue weighted by atomic mass is 9.94. The van der Waals surface area contributed by atoms with Crippen LogP contribution in [0.1, 0.15) is 62.5 Å². The van der Waals surface area contributed by atoms with Gasteiger partial charge in [0.1, 0.15) is 0 Å². The van der Waals surface area contributed by atoms with Crippen molar-refractivity contribution in [2.45, 2.75) is 70.5 Å². The van der Waals surface area contributed by atoms with E-state index in [1.807, 2.05) is 0 Å². The Bertz CT molecular complexity index is 583. The molecule has 0 aromatic heterocycles. The number of carbonyl (C=O) groups excluding carboxylic acids is 1. The highest BCUT2D eigenvalue weighted by molar-refractivity contribution is 5.79. The zero-order chi connectivity index (χ0) is 18.4. The third-order valence-corrected chi connectivity index (χ3v) is 6.49. The molecule has 26 heavy (non-hydrogen) atoms. The average molecular weight is 358 g/mol. The molecule has 1 aromatic rings. The summed E-state index contributed by atoms with van der Waals surface area (Å²) in [7, 11) is 2.25. The number of hydrogen-bond donors (Lipinski definition) is 2. The second-order valence-corrected chi connectivity index (χ2v) is 8.23. The Balaban J connectivity index is 1.57. The Morgan fingerprint density at radius 1 is 1.08 bits per heavy atom. The monoisotopic (exact) mass is 357 g/mol. The zero-order valence-corrected chi connectivity index (χ0v) is 16.3. The fourth-order valence-electron chi connectivity index (χ4n) is 4.78. The van der Waals surface area contributed by atoms with Crippen molar-refractivity contribution in [2.24, 2.45) is 17.6 Å². The van der Waals surface area contributed by atoms with E-state index in [4.69, 9.17) is 5.73 Å². The first kappa shape index (κ1) is 19.4. The molecule has 2 atom stereocenters. The van der Waals surface area contributed by atoms with Gasteiger partial charge in [-0.05, 0) is 56.3 Å². The first-order valence-electron chi connectivity index (χ1n) is 10.4. The minimum absolute atomic E-state index is 0.108. The zero-order valence-electron chi connectivity index (χ0n) is 16.3. The molecule has 2 aliphatic carbocycles. The first-order chi connectivity index (χ1) is 12.7. The van der Waals surface area contributed by atoms with Gasteiger partial charge in [0.2, 0.25) is 5.91 Å². The van der Waals surface area contributed by atoms with Gasteiger partial charge in [-0.3, -0.25) is 9.69 Å². The van der Waals surface area contributed by atoms with Crippen LogP contribution >= 0.6 is 0 Å². The first-order valence-corrected chi connectivity index (χ1v) is 10.4. The molecule has 1 aromatic carbocycles. The third kappa shape index (κ3) is 4.86. The number of nitrogens with one attached hydrogen (secondary N) is 1. The number of carbonyl (C=O) groups is 1. The highest BCUT2D eigenvalue weighted by Crippen LogP contribution is 2.31. The maximum absolute atomic E-state index is 12.6. The van der Waals surface area contributed by atoms with E-state index in [1.165, 1.54) is 43.2 Å². The van der Waals surface area contributed by atoms with Crippen molar-refractivity contribution in [2.75, 3.05) is 13.6 Å². The minimum atomic E-state index is 0.108. The van der Waals surface area contributed by atoms with E-state index in [1.54, 1.807) is 0 Å². The van der Waals surface area contributed by atoms with Gasteiger partial charge in [-0.25, -0.2) is 0 Å². The van der Waals surface area contributed by atoms with Crippen molar-refractivity contribution < 1.29 is 4.79 Å². The van der Waals surface area contributed by atoms with E-state index in [-0.39, 0.29) is 11.8 Å². The molecular weight excluding hydrogens is 322 g/mol. The van der Waals surface area contributed by atoms with Gasteiger partial charge in [0.05, 0.1) is 0 Å². The summed E-state index contributed by atoms with van der Waals surface area (Å²) in [6.45, 7) is 2.22. The van der Waals surface area contributed by atoms with Gasteiger partial charge in [0.15, 0.2) is 0 Å². The minimum Gasteiger partial charge on any atom is -0.352 e. The van der Waals surface area contributed by atoms with Gasteiger partial charge in [0.25, 0.3) is 0 Å². The summed E-state index contributed by atoms with van der Waals surface area (Å²) in [5.41, 5.74) is 8.41. The van der Waals surface area contributed by atoms with Crippen molar-refractivity contribution in [1.29, 1.82) is 0 Å². The number of nitrogens with zero attached hydrogens (tertiary/aromatic N) is 1. The van der Waals surface area contributed by atoms with Crippen molar-refractivity contribution >= 4 is 5.91 Å². The van der Waals surface area contributed by atoms with Crippen LogP contribution in [0, 0.1) is 11.8 Å². The predicted octanol–water partition coefficient (Wildman–Crippen LogP) is 3.44. The van der Waals surface area contributed by atoms with Crippen LogP contribution < -0.4 is 11.1 Å². The maximum Gasteiger partial charge on any atom is 0.223 e. The molecule has 0 saturated heterocycles. The maximum atomic E-state index is 12.6. The molecule has 0 radical (unpaired) electrons. The van der Waals surface area contributed by atoms with Crippen LogP contribution in [-0.2, 0) is 17.9 Å². The van der Waals surface area contributed by atoms with Crippen molar-refractivity contribution in [3.8, 4) is 0 Å². The van der Waals surface area contributed by atoms with E-state index in [9.17, 15) is 4.79 Å². The highest BCUT2D eigenvalue weighted by Gasteiger charge is 2.31. The Labute approximate surface area is 158 Å². The molecule has 2 saturated carbocycles. The number of benzene rings is 1. The fourth-order valence-corrected chi connectivity index (χ4v) is 4.78. The molecule has 2 aliphatic rings. The lowest BCUT2D eigenvalue weighted by Crippen LogP contribution is -2.35. The van der Waals surface area contributed by atoms with Crippen molar-refractivity contribution in [1.82, 2.24) is 10.2 Å². The van der Waals surface area contributed by atoms with Gasteiger partial charge in [0, 0.05) is 25.0 Å². The molecule has 4 heteroatoms. The normalized spacial score (nSPS) is 24.1. The van der Waals surface area contributed by atoms with Gasteiger partial charge in [-0.1, -0.05) is 49.9 Å². The van der Waals surface area contributed by atoms with Crippen LogP contribution in [0.2, 0.25) is 0 Å². The van der Waals surface area contributed by atoms with E-state index in [0.29, 0.717) is 25.0 Å². The number of amides is 1. The summed E-state index contributed by atoms with van der Waals surface area (Å²) < 4.78 is 0.